The minimum absolute atomic E-state index is 0.0786. The first-order valence-electron chi connectivity index (χ1n) is 9.54. The Labute approximate surface area is 168 Å². The summed E-state index contributed by atoms with van der Waals surface area (Å²) >= 11 is 0. The van der Waals surface area contributed by atoms with Crippen LogP contribution in [0.3, 0.4) is 0 Å². The molecule has 0 fully saturated rings. The number of aromatic nitrogens is 4. The Morgan fingerprint density at radius 2 is 2.03 bits per heavy atom. The van der Waals surface area contributed by atoms with Crippen LogP contribution < -0.4 is 15.6 Å². The number of pyridine rings is 1. The number of aliphatic hydroxyl groups is 1. The van der Waals surface area contributed by atoms with E-state index in [1.807, 2.05) is 61.7 Å². The molecule has 1 atom stereocenters. The first-order valence-corrected chi connectivity index (χ1v) is 9.54. The van der Waals surface area contributed by atoms with Gasteiger partial charge in [0.05, 0.1) is 5.57 Å². The largest absolute Gasteiger partial charge is 0.396 e. The zero-order valence-corrected chi connectivity index (χ0v) is 16.1. The molecule has 2 aromatic heterocycles. The first kappa shape index (κ1) is 18.8. The van der Waals surface area contributed by atoms with Crippen LogP contribution in [0, 0.1) is 0 Å². The summed E-state index contributed by atoms with van der Waals surface area (Å²) < 4.78 is 1.73. The van der Waals surface area contributed by atoms with E-state index in [0.717, 1.165) is 11.4 Å². The monoisotopic (exact) mass is 391 g/mol. The van der Waals surface area contributed by atoms with E-state index in [4.69, 9.17) is 5.11 Å². The van der Waals surface area contributed by atoms with Gasteiger partial charge in [0.2, 0.25) is 11.6 Å². The van der Waals surface area contributed by atoms with Crippen LogP contribution in [0.5, 0.6) is 0 Å². The second-order valence-electron chi connectivity index (χ2n) is 6.83. The number of allylic oxidation sites excluding steroid dienone is 1. The minimum atomic E-state index is -0.452. The highest BCUT2D eigenvalue weighted by Gasteiger charge is 2.37. The normalized spacial score (nSPS) is 15.6. The summed E-state index contributed by atoms with van der Waals surface area (Å²) in [7, 11) is 0. The van der Waals surface area contributed by atoms with Gasteiger partial charge in [-0.15, -0.1) is 0 Å². The molecule has 0 bridgehead atoms. The third-order valence-corrected chi connectivity index (χ3v) is 4.76. The lowest BCUT2D eigenvalue weighted by Crippen LogP contribution is -2.34. The van der Waals surface area contributed by atoms with Crippen molar-refractivity contribution in [1.29, 1.82) is 0 Å². The van der Waals surface area contributed by atoms with Gasteiger partial charge in [-0.1, -0.05) is 24.3 Å². The molecule has 1 aliphatic rings. The lowest BCUT2D eigenvalue weighted by Gasteiger charge is -2.26. The Hall–Kier alpha value is -3.52. The van der Waals surface area contributed by atoms with E-state index in [1.165, 1.54) is 0 Å². The van der Waals surface area contributed by atoms with Crippen molar-refractivity contribution in [3.05, 3.63) is 77.5 Å². The van der Waals surface area contributed by atoms with Crippen molar-refractivity contribution < 1.29 is 14.9 Å². The summed E-state index contributed by atoms with van der Waals surface area (Å²) in [5, 5.41) is 19.9. The summed E-state index contributed by atoms with van der Waals surface area (Å²) in [4.78, 5) is 21.0. The second kappa shape index (κ2) is 8.24. The molecular formula is C21H23N6O2+. The lowest BCUT2D eigenvalue weighted by molar-refractivity contribution is -0.393. The van der Waals surface area contributed by atoms with Crippen LogP contribution in [-0.4, -0.2) is 32.4 Å². The summed E-state index contributed by atoms with van der Waals surface area (Å²) in [6.07, 6.45) is 2.97. The summed E-state index contributed by atoms with van der Waals surface area (Å²) in [5.74, 6) is 0.996. The maximum absolute atomic E-state index is 13.2. The average Bonchev–Trinajstić information content (AvgIpc) is 3.14. The first-order chi connectivity index (χ1) is 14.2. The second-order valence-corrected chi connectivity index (χ2v) is 6.83. The van der Waals surface area contributed by atoms with Gasteiger partial charge in [-0.05, 0) is 25.5 Å². The lowest BCUT2D eigenvalue weighted by atomic mass is 9.98. The average molecular weight is 391 g/mol. The van der Waals surface area contributed by atoms with Crippen molar-refractivity contribution in [2.24, 2.45) is 0 Å². The maximum atomic E-state index is 13.2. The third kappa shape index (κ3) is 3.88. The fourth-order valence-electron chi connectivity index (χ4n) is 3.42. The Balaban J connectivity index is 1.74. The SMILES string of the molecule is CC1=C(C(=O)Nc2ccccc2)C(c2cccc[nH+]2)n2nc(CCCO)nc2N1. The number of anilines is 2. The number of aliphatic hydroxyl groups excluding tert-OH is 1. The van der Waals surface area contributed by atoms with Crippen molar-refractivity contribution >= 4 is 17.5 Å². The van der Waals surface area contributed by atoms with E-state index in [2.05, 4.69) is 25.7 Å². The van der Waals surface area contributed by atoms with Crippen LogP contribution in [0.1, 0.15) is 30.9 Å². The Morgan fingerprint density at radius 1 is 1.24 bits per heavy atom. The smallest absolute Gasteiger partial charge is 0.256 e. The molecule has 148 valence electrons. The number of amides is 1. The number of carbonyl (C=O) groups is 1. The fraction of sp³-hybridized carbons (Fsp3) is 0.238. The van der Waals surface area contributed by atoms with Crippen LogP contribution in [-0.2, 0) is 11.2 Å². The standard InChI is InChI=1S/C21H22N6O2/c1-14-18(20(29)24-15-8-3-2-4-9-15)19(16-10-5-6-12-22-16)27-21(23-14)25-17(26-27)11-7-13-28/h2-6,8-10,12,19,28H,7,11,13H2,1H3,(H,24,29)(H,23,25,26)/p+1. The quantitative estimate of drug-likeness (QED) is 0.595. The molecule has 3 heterocycles. The number of benzene rings is 1. The third-order valence-electron chi connectivity index (χ3n) is 4.76. The van der Waals surface area contributed by atoms with E-state index in [-0.39, 0.29) is 12.5 Å². The predicted molar refractivity (Wildman–Crippen MR) is 108 cm³/mol. The molecule has 1 amide bonds. The highest BCUT2D eigenvalue weighted by Crippen LogP contribution is 2.34. The van der Waals surface area contributed by atoms with Crippen molar-refractivity contribution in [1.82, 2.24) is 14.8 Å². The van der Waals surface area contributed by atoms with E-state index >= 15 is 0 Å². The van der Waals surface area contributed by atoms with Gasteiger partial charge in [-0.3, -0.25) is 4.79 Å². The molecule has 1 aromatic carbocycles. The number of hydrogen-bond acceptors (Lipinski definition) is 5. The molecule has 4 rings (SSSR count). The molecule has 4 N–H and O–H groups in total. The van der Waals surface area contributed by atoms with Crippen molar-refractivity contribution in [2.75, 3.05) is 17.2 Å². The highest BCUT2D eigenvalue weighted by atomic mass is 16.3. The Morgan fingerprint density at radius 3 is 2.76 bits per heavy atom. The van der Waals surface area contributed by atoms with Gasteiger partial charge in [0, 0.05) is 36.5 Å². The number of H-pyrrole nitrogens is 1. The highest BCUT2D eigenvalue weighted by molar-refractivity contribution is 6.05. The van der Waals surface area contributed by atoms with Crippen LogP contribution in [0.2, 0.25) is 0 Å². The summed E-state index contributed by atoms with van der Waals surface area (Å²) in [6.45, 7) is 1.94. The van der Waals surface area contributed by atoms with Gasteiger partial charge >= 0.3 is 0 Å². The molecular weight excluding hydrogens is 368 g/mol. The van der Waals surface area contributed by atoms with E-state index in [9.17, 15) is 4.79 Å². The topological polar surface area (TPSA) is 106 Å². The van der Waals surface area contributed by atoms with Gasteiger partial charge in [-0.25, -0.2) is 9.67 Å². The molecule has 0 saturated heterocycles. The van der Waals surface area contributed by atoms with Crippen molar-refractivity contribution in [3.8, 4) is 0 Å². The van der Waals surface area contributed by atoms with E-state index in [1.54, 1.807) is 4.68 Å². The van der Waals surface area contributed by atoms with Crippen LogP contribution in [0.4, 0.5) is 11.6 Å². The number of nitrogens with zero attached hydrogens (tertiary/aromatic N) is 3. The van der Waals surface area contributed by atoms with Gasteiger partial charge in [-0.2, -0.15) is 10.1 Å². The molecule has 1 aliphatic heterocycles. The minimum Gasteiger partial charge on any atom is -0.396 e. The van der Waals surface area contributed by atoms with E-state index < -0.39 is 6.04 Å². The predicted octanol–water partition coefficient (Wildman–Crippen LogP) is 1.94. The molecule has 8 heteroatoms. The maximum Gasteiger partial charge on any atom is 0.256 e. The Bertz CT molecular complexity index is 1030. The van der Waals surface area contributed by atoms with Crippen LogP contribution in [0.15, 0.2) is 66.0 Å². The van der Waals surface area contributed by atoms with Gasteiger partial charge in [0.25, 0.3) is 5.91 Å². The number of nitrogens with one attached hydrogen (secondary N) is 3. The zero-order chi connectivity index (χ0) is 20.2. The van der Waals surface area contributed by atoms with Gasteiger partial charge in [0.1, 0.15) is 0 Å². The molecule has 1 unspecified atom stereocenters. The van der Waals surface area contributed by atoms with Gasteiger partial charge < -0.3 is 15.7 Å². The van der Waals surface area contributed by atoms with Gasteiger partial charge in [0.15, 0.2) is 18.1 Å². The molecule has 0 spiro atoms. The molecule has 3 aromatic rings. The summed E-state index contributed by atoms with van der Waals surface area (Å²) in [5.41, 5.74) is 2.82. The number of carbonyl (C=O) groups excluding carboxylic acids is 1. The number of hydrogen-bond donors (Lipinski definition) is 3. The van der Waals surface area contributed by atoms with Crippen LogP contribution >= 0.6 is 0 Å². The zero-order valence-electron chi connectivity index (χ0n) is 16.1. The molecule has 0 radical (unpaired) electrons. The number of aryl methyl sites for hydroxylation is 1. The van der Waals surface area contributed by atoms with Crippen molar-refractivity contribution in [3.63, 3.8) is 0 Å². The number of para-hydroxylation sites is 1. The van der Waals surface area contributed by atoms with Crippen molar-refractivity contribution in [2.45, 2.75) is 25.8 Å². The Kier molecular flexibility index (Phi) is 5.35. The summed E-state index contributed by atoms with van der Waals surface area (Å²) in [6, 6.07) is 14.6. The molecule has 0 saturated carbocycles. The van der Waals surface area contributed by atoms with Crippen LogP contribution in [0.25, 0.3) is 0 Å². The molecule has 0 aliphatic carbocycles. The fourth-order valence-corrected chi connectivity index (χ4v) is 3.42. The molecule has 29 heavy (non-hydrogen) atoms. The van der Waals surface area contributed by atoms with E-state index in [0.29, 0.717) is 35.9 Å². The number of rotatable bonds is 6. The number of aromatic amines is 1. The number of fused-ring (bicyclic) bond motifs is 1. The molecule has 8 nitrogen and oxygen atoms in total.